The van der Waals surface area contributed by atoms with Gasteiger partial charge in [0, 0.05) is 18.0 Å². The molecule has 4 nitrogen and oxygen atoms in total. The molecule has 5 heteroatoms. The molecule has 1 atom stereocenters. The van der Waals surface area contributed by atoms with Gasteiger partial charge in [-0.3, -0.25) is 4.98 Å². The van der Waals surface area contributed by atoms with Crippen molar-refractivity contribution in [3.05, 3.63) is 65.8 Å². The second kappa shape index (κ2) is 6.16. The Hall–Kier alpha value is -2.14. The Bertz CT molecular complexity index is 776. The van der Waals surface area contributed by atoms with Crippen molar-refractivity contribution in [2.24, 2.45) is 0 Å². The highest BCUT2D eigenvalue weighted by Crippen LogP contribution is 2.30. The molecular formula is C18H19N3OS. The highest BCUT2D eigenvalue weighted by atomic mass is 32.1. The number of aromatic nitrogens is 3. The molecule has 2 aromatic heterocycles. The predicted molar refractivity (Wildman–Crippen MR) is 93.5 cm³/mol. The fraction of sp³-hybridized carbons (Fsp3) is 0.278. The van der Waals surface area contributed by atoms with Gasteiger partial charge in [0.1, 0.15) is 5.25 Å². The Morgan fingerprint density at radius 2 is 1.78 bits per heavy atom. The van der Waals surface area contributed by atoms with Crippen LogP contribution in [0.25, 0.3) is 11.5 Å². The number of hydrogen-bond donors (Lipinski definition) is 1. The molecule has 0 bridgehead atoms. The molecule has 1 unspecified atom stereocenters. The maximum absolute atomic E-state index is 5.78. The molecule has 0 radical (unpaired) electrons. The molecule has 0 amide bonds. The normalized spacial score (nSPS) is 13.0. The quantitative estimate of drug-likeness (QED) is 0.723. The van der Waals surface area contributed by atoms with Crippen LogP contribution in [0.15, 0.2) is 53.2 Å². The minimum Gasteiger partial charge on any atom is -0.419 e. The van der Waals surface area contributed by atoms with Crippen molar-refractivity contribution < 1.29 is 4.42 Å². The van der Waals surface area contributed by atoms with Crippen LogP contribution in [0.4, 0.5) is 0 Å². The molecular weight excluding hydrogens is 306 g/mol. The van der Waals surface area contributed by atoms with Crippen molar-refractivity contribution in [3.63, 3.8) is 0 Å². The topological polar surface area (TPSA) is 51.8 Å². The highest BCUT2D eigenvalue weighted by molar-refractivity contribution is 7.80. The summed E-state index contributed by atoms with van der Waals surface area (Å²) in [5, 5.41) is 7.98. The maximum Gasteiger partial charge on any atom is 0.247 e. The van der Waals surface area contributed by atoms with Gasteiger partial charge in [0.25, 0.3) is 0 Å². The first-order valence-electron chi connectivity index (χ1n) is 7.47. The summed E-state index contributed by atoms with van der Waals surface area (Å²) in [6, 6.07) is 12.0. The molecule has 0 aliphatic carbocycles. The van der Waals surface area contributed by atoms with Gasteiger partial charge in [0.05, 0.1) is 0 Å². The predicted octanol–water partition coefficient (Wildman–Crippen LogP) is 4.45. The van der Waals surface area contributed by atoms with Crippen molar-refractivity contribution in [1.29, 1.82) is 0 Å². The number of hydrogen-bond acceptors (Lipinski definition) is 5. The van der Waals surface area contributed by atoms with Crippen molar-refractivity contribution in [1.82, 2.24) is 15.2 Å². The fourth-order valence-corrected chi connectivity index (χ4v) is 2.51. The number of pyridine rings is 1. The van der Waals surface area contributed by atoms with Crippen LogP contribution in [0, 0.1) is 0 Å². The van der Waals surface area contributed by atoms with E-state index >= 15 is 0 Å². The molecule has 1 aromatic carbocycles. The average molecular weight is 325 g/mol. The van der Waals surface area contributed by atoms with Gasteiger partial charge in [-0.05, 0) is 34.7 Å². The Morgan fingerprint density at radius 1 is 1.04 bits per heavy atom. The second-order valence-corrected chi connectivity index (χ2v) is 6.98. The van der Waals surface area contributed by atoms with Crippen LogP contribution in [-0.4, -0.2) is 15.2 Å². The van der Waals surface area contributed by atoms with E-state index in [1.165, 1.54) is 5.56 Å². The van der Waals surface area contributed by atoms with Crippen LogP contribution in [0.1, 0.15) is 43.0 Å². The minimum absolute atomic E-state index is 0.120. The zero-order valence-electron chi connectivity index (χ0n) is 13.4. The SMILES string of the molecule is CC(C)(C)c1ccc(-c2nnc(C(S)c3cccnc3)o2)cc1. The van der Waals surface area contributed by atoms with Gasteiger partial charge in [-0.25, -0.2) is 0 Å². The molecule has 23 heavy (non-hydrogen) atoms. The van der Waals surface area contributed by atoms with Gasteiger partial charge < -0.3 is 4.42 Å². The fourth-order valence-electron chi connectivity index (χ4n) is 2.25. The van der Waals surface area contributed by atoms with Crippen LogP contribution >= 0.6 is 12.6 Å². The van der Waals surface area contributed by atoms with Crippen LogP contribution in [0.5, 0.6) is 0 Å². The van der Waals surface area contributed by atoms with E-state index in [0.717, 1.165) is 11.1 Å². The van der Waals surface area contributed by atoms with Crippen molar-refractivity contribution in [3.8, 4) is 11.5 Å². The maximum atomic E-state index is 5.78. The lowest BCUT2D eigenvalue weighted by molar-refractivity contribution is 0.515. The standard InChI is InChI=1S/C18H19N3OS/c1-18(2,3)14-8-6-12(7-9-14)16-20-21-17(22-16)15(23)13-5-4-10-19-11-13/h4-11,15,23H,1-3H3. The first-order chi connectivity index (χ1) is 10.9. The van der Waals surface area contributed by atoms with Gasteiger partial charge in [-0.15, -0.1) is 10.2 Å². The van der Waals surface area contributed by atoms with E-state index in [2.05, 4.69) is 60.7 Å². The average Bonchev–Trinajstić information content (AvgIpc) is 3.04. The third kappa shape index (κ3) is 3.45. The summed E-state index contributed by atoms with van der Waals surface area (Å²) in [5.74, 6) is 0.972. The number of nitrogens with zero attached hydrogens (tertiary/aromatic N) is 3. The first kappa shape index (κ1) is 15.7. The summed E-state index contributed by atoms with van der Waals surface area (Å²) in [6.45, 7) is 6.56. The summed E-state index contributed by atoms with van der Waals surface area (Å²) in [5.41, 5.74) is 3.22. The lowest BCUT2D eigenvalue weighted by atomic mass is 9.87. The Labute approximate surface area is 141 Å². The zero-order valence-corrected chi connectivity index (χ0v) is 14.3. The molecule has 0 saturated carbocycles. The summed E-state index contributed by atoms with van der Waals surface area (Å²) >= 11 is 4.55. The molecule has 0 aliphatic heterocycles. The summed E-state index contributed by atoms with van der Waals surface area (Å²) in [6.07, 6.45) is 3.47. The molecule has 3 aromatic rings. The summed E-state index contributed by atoms with van der Waals surface area (Å²) in [4.78, 5) is 4.09. The smallest absolute Gasteiger partial charge is 0.247 e. The third-order valence-electron chi connectivity index (χ3n) is 3.67. The van der Waals surface area contributed by atoms with Crippen LogP contribution in [0.3, 0.4) is 0 Å². The lowest BCUT2D eigenvalue weighted by Gasteiger charge is -2.18. The van der Waals surface area contributed by atoms with E-state index in [1.54, 1.807) is 12.4 Å². The van der Waals surface area contributed by atoms with Gasteiger partial charge in [-0.1, -0.05) is 39.0 Å². The van der Waals surface area contributed by atoms with Crippen LogP contribution in [0.2, 0.25) is 0 Å². The monoisotopic (exact) mass is 325 g/mol. The second-order valence-electron chi connectivity index (χ2n) is 6.46. The molecule has 0 aliphatic rings. The molecule has 118 valence electrons. The van der Waals surface area contributed by atoms with E-state index in [0.29, 0.717) is 11.8 Å². The van der Waals surface area contributed by atoms with Crippen molar-refractivity contribution >= 4 is 12.6 Å². The lowest BCUT2D eigenvalue weighted by Crippen LogP contribution is -2.10. The number of benzene rings is 1. The number of thiol groups is 1. The molecule has 0 fully saturated rings. The highest BCUT2D eigenvalue weighted by Gasteiger charge is 2.18. The van der Waals surface area contributed by atoms with E-state index in [4.69, 9.17) is 4.42 Å². The van der Waals surface area contributed by atoms with Gasteiger partial charge in [0.15, 0.2) is 0 Å². The molecule has 0 saturated heterocycles. The van der Waals surface area contributed by atoms with Crippen LogP contribution < -0.4 is 0 Å². The Balaban J connectivity index is 1.85. The molecule has 2 heterocycles. The van der Waals surface area contributed by atoms with Crippen molar-refractivity contribution in [2.75, 3.05) is 0 Å². The Kier molecular flexibility index (Phi) is 4.22. The Morgan fingerprint density at radius 3 is 2.39 bits per heavy atom. The van der Waals surface area contributed by atoms with Crippen molar-refractivity contribution in [2.45, 2.75) is 31.4 Å². The summed E-state index contributed by atoms with van der Waals surface area (Å²) in [7, 11) is 0. The first-order valence-corrected chi connectivity index (χ1v) is 7.99. The molecule has 0 spiro atoms. The molecule has 0 N–H and O–H groups in total. The van der Waals surface area contributed by atoms with E-state index in [1.807, 2.05) is 24.3 Å². The van der Waals surface area contributed by atoms with E-state index in [-0.39, 0.29) is 10.7 Å². The molecule has 3 rings (SSSR count). The van der Waals surface area contributed by atoms with Gasteiger partial charge in [-0.2, -0.15) is 12.6 Å². The van der Waals surface area contributed by atoms with Gasteiger partial charge >= 0.3 is 0 Å². The zero-order chi connectivity index (χ0) is 16.4. The summed E-state index contributed by atoms with van der Waals surface area (Å²) < 4.78 is 5.78. The van der Waals surface area contributed by atoms with Gasteiger partial charge in [0.2, 0.25) is 11.8 Å². The minimum atomic E-state index is -0.279. The van der Waals surface area contributed by atoms with E-state index in [9.17, 15) is 0 Å². The third-order valence-corrected chi connectivity index (χ3v) is 4.19. The van der Waals surface area contributed by atoms with Crippen LogP contribution in [-0.2, 0) is 5.41 Å². The van der Waals surface area contributed by atoms with E-state index < -0.39 is 0 Å². The number of rotatable bonds is 3. The largest absolute Gasteiger partial charge is 0.419 e.